The van der Waals surface area contributed by atoms with Gasteiger partial charge in [0.2, 0.25) is 0 Å². The van der Waals surface area contributed by atoms with Crippen molar-refractivity contribution in [2.24, 2.45) is 0 Å². The summed E-state index contributed by atoms with van der Waals surface area (Å²) >= 11 is 1.46. The molecule has 0 spiro atoms. The largest absolute Gasteiger partial charge is 0.494 e. The molecule has 0 aliphatic heterocycles. The average Bonchev–Trinajstić information content (AvgIpc) is 3.13. The van der Waals surface area contributed by atoms with Gasteiger partial charge < -0.3 is 20.5 Å². The fourth-order valence-corrected chi connectivity index (χ4v) is 3.76. The third kappa shape index (κ3) is 4.68. The highest BCUT2D eigenvalue weighted by atomic mass is 32.1. The second kappa shape index (κ2) is 8.41. The van der Waals surface area contributed by atoms with E-state index in [0.29, 0.717) is 18.0 Å². The normalized spacial score (nSPS) is 13.0. The number of benzene rings is 2. The van der Waals surface area contributed by atoms with E-state index in [1.165, 1.54) is 11.3 Å². The Bertz CT molecular complexity index is 946. The quantitative estimate of drug-likeness (QED) is 0.556. The van der Waals surface area contributed by atoms with Gasteiger partial charge in [0, 0.05) is 15.3 Å². The Balaban J connectivity index is 1.58. The van der Waals surface area contributed by atoms with Crippen molar-refractivity contribution in [2.75, 3.05) is 18.5 Å². The summed E-state index contributed by atoms with van der Waals surface area (Å²) < 4.78 is 6.39. The average molecular weight is 398 g/mol. The lowest BCUT2D eigenvalue weighted by Crippen LogP contribution is -2.42. The summed E-state index contributed by atoms with van der Waals surface area (Å²) in [5.74, 6) is -0.920. The van der Waals surface area contributed by atoms with Gasteiger partial charge in [-0.15, -0.1) is 11.3 Å². The van der Waals surface area contributed by atoms with Crippen LogP contribution < -0.4 is 15.4 Å². The van der Waals surface area contributed by atoms with Crippen LogP contribution in [0.4, 0.5) is 5.69 Å². The number of thiophene rings is 1. The molecule has 0 aliphatic rings. The van der Waals surface area contributed by atoms with Gasteiger partial charge in [-0.3, -0.25) is 9.59 Å². The lowest BCUT2D eigenvalue weighted by Gasteiger charge is -2.22. The van der Waals surface area contributed by atoms with Crippen molar-refractivity contribution in [1.29, 1.82) is 0 Å². The molecule has 1 heterocycles. The number of hydrogen-bond acceptors (Lipinski definition) is 5. The number of anilines is 1. The van der Waals surface area contributed by atoms with Crippen molar-refractivity contribution < 1.29 is 19.4 Å². The number of amides is 2. The fourth-order valence-electron chi connectivity index (χ4n) is 2.66. The van der Waals surface area contributed by atoms with Gasteiger partial charge in [0.25, 0.3) is 0 Å². The minimum atomic E-state index is -1.28. The molecule has 0 saturated heterocycles. The molecule has 3 N–H and O–H groups in total. The first-order chi connectivity index (χ1) is 13.4. The van der Waals surface area contributed by atoms with Crippen LogP contribution in [-0.2, 0) is 15.2 Å². The molecule has 146 valence electrons. The van der Waals surface area contributed by atoms with Crippen LogP contribution in [0.5, 0.6) is 5.75 Å². The lowest BCUT2D eigenvalue weighted by molar-refractivity contribution is -0.136. The second-order valence-electron chi connectivity index (χ2n) is 6.52. The van der Waals surface area contributed by atoms with Crippen molar-refractivity contribution in [1.82, 2.24) is 5.32 Å². The zero-order valence-corrected chi connectivity index (χ0v) is 16.5. The van der Waals surface area contributed by atoms with Gasteiger partial charge >= 0.3 is 11.8 Å². The maximum atomic E-state index is 12.1. The van der Waals surface area contributed by atoms with Gasteiger partial charge in [0.15, 0.2) is 0 Å². The number of carbonyl (C=O) groups is 2. The summed E-state index contributed by atoms with van der Waals surface area (Å²) in [6.45, 7) is 3.97. The molecule has 0 aliphatic carbocycles. The monoisotopic (exact) mass is 398 g/mol. The Hall–Kier alpha value is -2.90. The summed E-state index contributed by atoms with van der Waals surface area (Å²) in [4.78, 5) is 24.9. The third-order valence-corrected chi connectivity index (χ3v) is 5.55. The number of ether oxygens (including phenoxy) is 1. The maximum Gasteiger partial charge on any atom is 0.313 e. The highest BCUT2D eigenvalue weighted by Crippen LogP contribution is 2.32. The lowest BCUT2D eigenvalue weighted by atomic mass is 10.0. The van der Waals surface area contributed by atoms with E-state index in [9.17, 15) is 14.7 Å². The topological polar surface area (TPSA) is 87.7 Å². The fraction of sp³-hybridized carbons (Fsp3) is 0.238. The van der Waals surface area contributed by atoms with Crippen LogP contribution >= 0.6 is 11.3 Å². The Kier molecular flexibility index (Phi) is 5.96. The number of nitrogens with one attached hydrogen (secondary N) is 2. The zero-order chi connectivity index (χ0) is 20.1. The molecular weight excluding hydrogens is 376 g/mol. The SMILES string of the molecule is CCOc1ccc(NC(=O)C(=O)NCC(C)(O)c2cc3ccccc3s2)cc1. The van der Waals surface area contributed by atoms with E-state index < -0.39 is 17.4 Å². The Morgan fingerprint density at radius 3 is 2.50 bits per heavy atom. The molecule has 2 amide bonds. The summed E-state index contributed by atoms with van der Waals surface area (Å²) in [7, 11) is 0. The van der Waals surface area contributed by atoms with Gasteiger partial charge in [0.1, 0.15) is 11.4 Å². The standard InChI is InChI=1S/C21H22N2O4S/c1-3-27-16-10-8-15(9-11-16)23-20(25)19(24)22-13-21(2,26)18-12-14-6-4-5-7-17(14)28-18/h4-12,26H,3,13H2,1-2H3,(H,22,24)(H,23,25). The summed E-state index contributed by atoms with van der Waals surface area (Å²) in [6.07, 6.45) is 0. The van der Waals surface area contributed by atoms with Gasteiger partial charge in [-0.1, -0.05) is 18.2 Å². The van der Waals surface area contributed by atoms with E-state index >= 15 is 0 Å². The first-order valence-corrected chi connectivity index (χ1v) is 9.74. The highest BCUT2D eigenvalue weighted by molar-refractivity contribution is 7.19. The molecule has 28 heavy (non-hydrogen) atoms. The van der Waals surface area contributed by atoms with E-state index in [-0.39, 0.29) is 6.54 Å². The Labute approximate surface area is 167 Å². The molecule has 1 atom stereocenters. The van der Waals surface area contributed by atoms with Crippen LogP contribution in [0.2, 0.25) is 0 Å². The van der Waals surface area contributed by atoms with E-state index in [4.69, 9.17) is 4.74 Å². The van der Waals surface area contributed by atoms with Crippen molar-refractivity contribution in [2.45, 2.75) is 19.4 Å². The van der Waals surface area contributed by atoms with Crippen LogP contribution in [0.15, 0.2) is 54.6 Å². The number of rotatable bonds is 6. The predicted octanol–water partition coefficient (Wildman–Crippen LogP) is 3.26. The highest BCUT2D eigenvalue weighted by Gasteiger charge is 2.27. The van der Waals surface area contributed by atoms with Crippen LogP contribution in [0, 0.1) is 0 Å². The summed E-state index contributed by atoms with van der Waals surface area (Å²) in [6, 6.07) is 16.4. The van der Waals surface area contributed by atoms with E-state index in [1.54, 1.807) is 31.2 Å². The molecule has 1 unspecified atom stereocenters. The van der Waals surface area contributed by atoms with Crippen LogP contribution in [0.25, 0.3) is 10.1 Å². The van der Waals surface area contributed by atoms with Crippen molar-refractivity contribution >= 4 is 38.9 Å². The first kappa shape index (κ1) is 19.9. The summed E-state index contributed by atoms with van der Waals surface area (Å²) in [5.41, 5.74) is -0.793. The van der Waals surface area contributed by atoms with E-state index in [2.05, 4.69) is 10.6 Å². The Morgan fingerprint density at radius 1 is 1.11 bits per heavy atom. The van der Waals surface area contributed by atoms with Crippen molar-refractivity contribution in [3.63, 3.8) is 0 Å². The van der Waals surface area contributed by atoms with Gasteiger partial charge in [-0.2, -0.15) is 0 Å². The van der Waals surface area contributed by atoms with Gasteiger partial charge in [-0.05, 0) is 55.6 Å². The molecule has 7 heteroatoms. The number of fused-ring (bicyclic) bond motifs is 1. The smallest absolute Gasteiger partial charge is 0.313 e. The van der Waals surface area contributed by atoms with Crippen LogP contribution in [0.3, 0.4) is 0 Å². The molecule has 3 aromatic rings. The molecule has 3 rings (SSSR count). The van der Waals surface area contributed by atoms with Gasteiger partial charge in [-0.25, -0.2) is 0 Å². The molecule has 0 bridgehead atoms. The van der Waals surface area contributed by atoms with E-state index in [1.807, 2.05) is 37.3 Å². The molecule has 1 aromatic heterocycles. The number of aliphatic hydroxyl groups is 1. The van der Waals surface area contributed by atoms with Crippen LogP contribution in [-0.4, -0.2) is 30.1 Å². The van der Waals surface area contributed by atoms with Crippen molar-refractivity contribution in [3.05, 3.63) is 59.5 Å². The number of carbonyl (C=O) groups excluding carboxylic acids is 2. The van der Waals surface area contributed by atoms with E-state index in [0.717, 1.165) is 15.0 Å². The Morgan fingerprint density at radius 2 is 1.82 bits per heavy atom. The van der Waals surface area contributed by atoms with Crippen molar-refractivity contribution in [3.8, 4) is 5.75 Å². The summed E-state index contributed by atoms with van der Waals surface area (Å²) in [5, 5.41) is 16.8. The maximum absolute atomic E-state index is 12.1. The van der Waals surface area contributed by atoms with Gasteiger partial charge in [0.05, 0.1) is 13.2 Å². The zero-order valence-electron chi connectivity index (χ0n) is 15.7. The predicted molar refractivity (Wildman–Crippen MR) is 111 cm³/mol. The molecule has 0 radical (unpaired) electrons. The second-order valence-corrected chi connectivity index (χ2v) is 7.60. The molecule has 2 aromatic carbocycles. The minimum absolute atomic E-state index is 0.0741. The molecule has 0 saturated carbocycles. The molecule has 6 nitrogen and oxygen atoms in total. The molecule has 0 fully saturated rings. The van der Waals surface area contributed by atoms with Crippen LogP contribution in [0.1, 0.15) is 18.7 Å². The minimum Gasteiger partial charge on any atom is -0.494 e. The number of hydrogen-bond donors (Lipinski definition) is 3. The first-order valence-electron chi connectivity index (χ1n) is 8.92. The third-order valence-electron chi connectivity index (χ3n) is 4.18. The molecular formula is C21H22N2O4S.